The van der Waals surface area contributed by atoms with Crippen LogP contribution in [0.1, 0.15) is 59.3 Å². The molecule has 0 aromatic carbocycles. The highest BCUT2D eigenvalue weighted by Gasteiger charge is 2.80. The molecular weight excluding hydrogens is 448 g/mol. The van der Waals surface area contributed by atoms with Crippen LogP contribution in [-0.4, -0.2) is 82.8 Å². The zero-order chi connectivity index (χ0) is 25.8. The fraction of sp³-hybridized carbons (Fsp3) is 0.741. The maximum Gasteiger partial charge on any atom is 0.312 e. The molecule has 3 fully saturated rings. The van der Waals surface area contributed by atoms with Gasteiger partial charge in [0.2, 0.25) is 11.8 Å². The SMILES string of the molecule is C=CCCCOC(=O)[C@H]1[C@H]2C(=O)N(CCO)C(C(=O)N(CC=C)CCCCC)C23CC(C)[C@]1(C)O3. The Balaban J connectivity index is 1.97. The van der Waals surface area contributed by atoms with E-state index < -0.39 is 35.0 Å². The molecule has 3 rings (SSSR count). The van der Waals surface area contributed by atoms with Gasteiger partial charge in [-0.3, -0.25) is 14.4 Å². The minimum atomic E-state index is -1.12. The number of hydrogen-bond donors (Lipinski definition) is 1. The van der Waals surface area contributed by atoms with E-state index in [0.29, 0.717) is 25.9 Å². The highest BCUT2D eigenvalue weighted by Crippen LogP contribution is 2.65. The van der Waals surface area contributed by atoms with Crippen molar-refractivity contribution in [3.63, 3.8) is 0 Å². The fourth-order valence-corrected chi connectivity index (χ4v) is 6.39. The molecular formula is C27H42N2O6. The molecule has 3 saturated heterocycles. The van der Waals surface area contributed by atoms with Crippen LogP contribution in [0, 0.1) is 17.8 Å². The van der Waals surface area contributed by atoms with Gasteiger partial charge in [-0.25, -0.2) is 0 Å². The molecule has 8 nitrogen and oxygen atoms in total. The molecule has 3 unspecified atom stereocenters. The Kier molecular flexibility index (Phi) is 8.81. The van der Waals surface area contributed by atoms with Gasteiger partial charge < -0.3 is 24.4 Å². The molecule has 0 saturated carbocycles. The Bertz CT molecular complexity index is 830. The monoisotopic (exact) mass is 490 g/mol. The average molecular weight is 491 g/mol. The zero-order valence-corrected chi connectivity index (χ0v) is 21.5. The first kappa shape index (κ1) is 27.4. The number of allylic oxidation sites excluding steroid dienone is 1. The third-order valence-corrected chi connectivity index (χ3v) is 8.13. The predicted octanol–water partition coefficient (Wildman–Crippen LogP) is 2.70. The smallest absolute Gasteiger partial charge is 0.312 e. The van der Waals surface area contributed by atoms with Gasteiger partial charge >= 0.3 is 5.97 Å². The summed E-state index contributed by atoms with van der Waals surface area (Å²) in [5, 5.41) is 9.76. The van der Waals surface area contributed by atoms with Crippen molar-refractivity contribution in [3.05, 3.63) is 25.3 Å². The van der Waals surface area contributed by atoms with Crippen LogP contribution in [-0.2, 0) is 23.9 Å². The van der Waals surface area contributed by atoms with Crippen LogP contribution in [0.25, 0.3) is 0 Å². The van der Waals surface area contributed by atoms with Crippen LogP contribution in [0.4, 0.5) is 0 Å². The molecule has 35 heavy (non-hydrogen) atoms. The van der Waals surface area contributed by atoms with Gasteiger partial charge in [-0.2, -0.15) is 0 Å². The summed E-state index contributed by atoms with van der Waals surface area (Å²) in [5.74, 6) is -2.62. The van der Waals surface area contributed by atoms with Gasteiger partial charge in [0.15, 0.2) is 0 Å². The number of likely N-dealkylation sites (tertiary alicyclic amines) is 1. The predicted molar refractivity (Wildman–Crippen MR) is 132 cm³/mol. The largest absolute Gasteiger partial charge is 0.465 e. The topological polar surface area (TPSA) is 96.4 Å². The number of carbonyl (C=O) groups is 3. The summed E-state index contributed by atoms with van der Waals surface area (Å²) < 4.78 is 12.2. The van der Waals surface area contributed by atoms with Gasteiger partial charge in [-0.1, -0.05) is 38.8 Å². The van der Waals surface area contributed by atoms with Crippen molar-refractivity contribution in [1.82, 2.24) is 9.80 Å². The molecule has 196 valence electrons. The van der Waals surface area contributed by atoms with Crippen LogP contribution >= 0.6 is 0 Å². The van der Waals surface area contributed by atoms with Crippen LogP contribution in [0.5, 0.6) is 0 Å². The molecule has 6 atom stereocenters. The molecule has 8 heteroatoms. The molecule has 0 radical (unpaired) electrons. The van der Waals surface area contributed by atoms with E-state index in [2.05, 4.69) is 20.1 Å². The summed E-state index contributed by atoms with van der Waals surface area (Å²) in [7, 11) is 0. The number of nitrogens with zero attached hydrogens (tertiary/aromatic N) is 2. The Morgan fingerprint density at radius 3 is 2.66 bits per heavy atom. The van der Waals surface area contributed by atoms with E-state index in [0.717, 1.165) is 25.7 Å². The summed E-state index contributed by atoms with van der Waals surface area (Å²) in [6.07, 6.45) is 8.20. The lowest BCUT2D eigenvalue weighted by Crippen LogP contribution is -2.57. The molecule has 2 amide bonds. The Hall–Kier alpha value is -2.19. The minimum absolute atomic E-state index is 0.0138. The molecule has 0 aromatic rings. The molecule has 1 N–H and O–H groups in total. The van der Waals surface area contributed by atoms with Crippen LogP contribution in [0.3, 0.4) is 0 Å². The lowest BCUT2D eigenvalue weighted by molar-refractivity contribution is -0.162. The van der Waals surface area contributed by atoms with Crippen LogP contribution in [0.15, 0.2) is 25.3 Å². The van der Waals surface area contributed by atoms with E-state index in [-0.39, 0.29) is 37.5 Å². The third kappa shape index (κ3) is 4.67. The zero-order valence-electron chi connectivity index (χ0n) is 21.5. The van der Waals surface area contributed by atoms with Crippen molar-refractivity contribution < 1.29 is 29.0 Å². The Morgan fingerprint density at radius 2 is 2.03 bits per heavy atom. The first-order chi connectivity index (χ1) is 16.7. The lowest BCUT2D eigenvalue weighted by atomic mass is 9.62. The Morgan fingerprint density at radius 1 is 1.29 bits per heavy atom. The van der Waals surface area contributed by atoms with E-state index in [1.807, 2.05) is 13.8 Å². The van der Waals surface area contributed by atoms with Gasteiger partial charge in [0.25, 0.3) is 0 Å². The maximum absolute atomic E-state index is 14.0. The van der Waals surface area contributed by atoms with Gasteiger partial charge in [0, 0.05) is 19.6 Å². The van der Waals surface area contributed by atoms with Crippen molar-refractivity contribution in [2.45, 2.75) is 76.5 Å². The normalized spacial score (nSPS) is 33.0. The average Bonchev–Trinajstić information content (AvgIpc) is 3.33. The molecule has 0 aliphatic carbocycles. The first-order valence-corrected chi connectivity index (χ1v) is 13.0. The van der Waals surface area contributed by atoms with Crippen molar-refractivity contribution in [3.8, 4) is 0 Å². The fourth-order valence-electron chi connectivity index (χ4n) is 6.39. The number of esters is 1. The number of hydrogen-bond acceptors (Lipinski definition) is 6. The van der Waals surface area contributed by atoms with E-state index in [9.17, 15) is 19.5 Å². The van der Waals surface area contributed by atoms with Gasteiger partial charge in [0.1, 0.15) is 17.6 Å². The summed E-state index contributed by atoms with van der Waals surface area (Å²) >= 11 is 0. The van der Waals surface area contributed by atoms with Crippen molar-refractivity contribution in [1.29, 1.82) is 0 Å². The second kappa shape index (κ2) is 11.2. The van der Waals surface area contributed by atoms with E-state index in [1.165, 1.54) is 4.90 Å². The number of unbranched alkanes of at least 4 members (excludes halogenated alkanes) is 3. The molecule has 2 bridgehead atoms. The van der Waals surface area contributed by atoms with Crippen LogP contribution < -0.4 is 0 Å². The molecule has 3 aliphatic rings. The van der Waals surface area contributed by atoms with E-state index in [1.54, 1.807) is 17.1 Å². The molecule has 1 spiro atoms. The summed E-state index contributed by atoms with van der Waals surface area (Å²) in [5.41, 5.74) is -2.02. The standard InChI is InChI=1S/C27H42N2O6/c1-6-9-11-14-28(13-8-3)24(32)22-27-18-19(4)26(5,35-27)21(25(33)34-17-12-10-7-2)20(27)23(31)29(22)15-16-30/h7-8,19-22,30H,2-3,6,9-18H2,1,4-5H3/t19?,20-,21+,22?,26-,27?/m0/s1. The van der Waals surface area contributed by atoms with Crippen LogP contribution in [0.2, 0.25) is 0 Å². The first-order valence-electron chi connectivity index (χ1n) is 13.0. The highest BCUT2D eigenvalue weighted by atomic mass is 16.6. The third-order valence-electron chi connectivity index (χ3n) is 8.13. The van der Waals surface area contributed by atoms with Crippen molar-refractivity contribution in [2.24, 2.45) is 17.8 Å². The number of fused-ring (bicyclic) bond motifs is 1. The number of aliphatic hydroxyl groups excluding tert-OH is 1. The Labute approximate surface area is 209 Å². The second-order valence-electron chi connectivity index (χ2n) is 10.3. The summed E-state index contributed by atoms with van der Waals surface area (Å²) in [6, 6.07) is -0.892. The number of aliphatic hydroxyl groups is 1. The molecule has 3 aliphatic heterocycles. The van der Waals surface area contributed by atoms with Gasteiger partial charge in [-0.15, -0.1) is 13.2 Å². The number of rotatable bonds is 14. The number of β-amino-alcohol motifs (C(OH)–C–C–N with tert-alkyl or cyclic N) is 1. The van der Waals surface area contributed by atoms with Gasteiger partial charge in [-0.05, 0) is 38.5 Å². The van der Waals surface area contributed by atoms with Gasteiger partial charge in [0.05, 0.1) is 24.7 Å². The summed E-state index contributed by atoms with van der Waals surface area (Å²) in [6.45, 7) is 14.4. The second-order valence-corrected chi connectivity index (χ2v) is 10.3. The van der Waals surface area contributed by atoms with Crippen molar-refractivity contribution in [2.75, 3.05) is 32.8 Å². The highest BCUT2D eigenvalue weighted by molar-refractivity contribution is 5.98. The lowest BCUT2D eigenvalue weighted by Gasteiger charge is -2.37. The molecule has 0 aromatic heterocycles. The maximum atomic E-state index is 14.0. The minimum Gasteiger partial charge on any atom is -0.465 e. The quantitative estimate of drug-likeness (QED) is 0.229. The van der Waals surface area contributed by atoms with E-state index in [4.69, 9.17) is 9.47 Å². The molecule has 3 heterocycles. The number of amides is 2. The van der Waals surface area contributed by atoms with E-state index >= 15 is 0 Å². The number of carbonyl (C=O) groups excluding carboxylic acids is 3. The number of ether oxygens (including phenoxy) is 2. The summed E-state index contributed by atoms with van der Waals surface area (Å²) in [4.78, 5) is 44.3. The van der Waals surface area contributed by atoms with Crippen molar-refractivity contribution >= 4 is 17.8 Å².